The molecule has 21 heavy (non-hydrogen) atoms. The molecule has 0 amide bonds. The lowest BCUT2D eigenvalue weighted by atomic mass is 10.3. The van der Waals surface area contributed by atoms with E-state index in [4.69, 9.17) is 15.2 Å². The Morgan fingerprint density at radius 2 is 1.95 bits per heavy atom. The van der Waals surface area contributed by atoms with Crippen LogP contribution in [0.5, 0.6) is 5.75 Å². The minimum atomic E-state index is -3.55. The molecule has 0 aliphatic heterocycles. The zero-order valence-corrected chi connectivity index (χ0v) is 13.4. The number of anilines is 1. The van der Waals surface area contributed by atoms with Crippen LogP contribution in [0.4, 0.5) is 5.69 Å². The highest BCUT2D eigenvalue weighted by Crippen LogP contribution is 2.24. The minimum absolute atomic E-state index is 0.139. The maximum absolute atomic E-state index is 12.1. The van der Waals surface area contributed by atoms with E-state index in [9.17, 15) is 8.42 Å². The zero-order valence-electron chi connectivity index (χ0n) is 12.6. The Morgan fingerprint density at radius 3 is 2.62 bits per heavy atom. The Balaban J connectivity index is 2.46. The number of nitrogens with one attached hydrogen (secondary N) is 1. The zero-order chi connectivity index (χ0) is 15.7. The molecular formula is C14H24N2O4S. The van der Waals surface area contributed by atoms with Crippen LogP contribution in [0.15, 0.2) is 23.1 Å². The fourth-order valence-electron chi connectivity index (χ4n) is 1.67. The molecule has 0 aromatic heterocycles. The van der Waals surface area contributed by atoms with Crippen molar-refractivity contribution in [3.05, 3.63) is 18.2 Å². The number of hydrogen-bond acceptors (Lipinski definition) is 5. The van der Waals surface area contributed by atoms with Gasteiger partial charge in [-0.2, -0.15) is 0 Å². The van der Waals surface area contributed by atoms with E-state index < -0.39 is 10.0 Å². The van der Waals surface area contributed by atoms with Crippen molar-refractivity contribution in [1.29, 1.82) is 0 Å². The number of nitrogens with two attached hydrogens (primary N) is 1. The minimum Gasteiger partial charge on any atom is -0.495 e. The van der Waals surface area contributed by atoms with Crippen molar-refractivity contribution in [3.8, 4) is 5.75 Å². The summed E-state index contributed by atoms with van der Waals surface area (Å²) in [6.45, 7) is 3.70. The lowest BCUT2D eigenvalue weighted by Crippen LogP contribution is -2.25. The molecule has 0 unspecified atom stereocenters. The Labute approximate surface area is 126 Å². The van der Waals surface area contributed by atoms with Crippen molar-refractivity contribution in [1.82, 2.24) is 4.72 Å². The van der Waals surface area contributed by atoms with Crippen LogP contribution in [-0.4, -0.2) is 35.3 Å². The predicted molar refractivity (Wildman–Crippen MR) is 82.9 cm³/mol. The molecule has 0 fully saturated rings. The fourth-order valence-corrected chi connectivity index (χ4v) is 2.76. The lowest BCUT2D eigenvalue weighted by molar-refractivity contribution is 0.130. The second-order valence-corrected chi connectivity index (χ2v) is 6.39. The van der Waals surface area contributed by atoms with Gasteiger partial charge in [-0.25, -0.2) is 13.1 Å². The van der Waals surface area contributed by atoms with E-state index in [1.807, 2.05) is 0 Å². The number of rotatable bonds is 10. The Kier molecular flexibility index (Phi) is 7.49. The van der Waals surface area contributed by atoms with Crippen LogP contribution >= 0.6 is 0 Å². The summed E-state index contributed by atoms with van der Waals surface area (Å²) in [5.41, 5.74) is 6.07. The number of benzene rings is 1. The van der Waals surface area contributed by atoms with Gasteiger partial charge in [0.1, 0.15) is 5.75 Å². The smallest absolute Gasteiger partial charge is 0.240 e. The first kappa shape index (κ1) is 17.7. The highest BCUT2D eigenvalue weighted by atomic mass is 32.2. The molecule has 0 bridgehead atoms. The summed E-state index contributed by atoms with van der Waals surface area (Å²) in [6, 6.07) is 4.38. The van der Waals surface area contributed by atoms with Gasteiger partial charge in [0.05, 0.1) is 17.7 Å². The topological polar surface area (TPSA) is 90.7 Å². The molecule has 0 aliphatic carbocycles. The summed E-state index contributed by atoms with van der Waals surface area (Å²) in [7, 11) is -2.10. The number of methoxy groups -OCH3 is 1. The molecule has 7 heteroatoms. The average molecular weight is 316 g/mol. The van der Waals surface area contributed by atoms with Crippen LogP contribution in [0.3, 0.4) is 0 Å². The third-order valence-corrected chi connectivity index (χ3v) is 4.37. The van der Waals surface area contributed by atoms with Crippen LogP contribution in [-0.2, 0) is 14.8 Å². The first-order chi connectivity index (χ1) is 10.0. The molecule has 0 saturated carbocycles. The van der Waals surface area contributed by atoms with E-state index in [0.717, 1.165) is 19.4 Å². The average Bonchev–Trinajstić information content (AvgIpc) is 2.46. The van der Waals surface area contributed by atoms with Crippen molar-refractivity contribution >= 4 is 15.7 Å². The summed E-state index contributed by atoms with van der Waals surface area (Å²) in [6.07, 6.45) is 2.75. The molecule has 1 aromatic rings. The van der Waals surface area contributed by atoms with E-state index in [1.54, 1.807) is 0 Å². The van der Waals surface area contributed by atoms with Gasteiger partial charge in [0.15, 0.2) is 0 Å². The van der Waals surface area contributed by atoms with E-state index in [2.05, 4.69) is 11.6 Å². The third-order valence-electron chi connectivity index (χ3n) is 2.92. The standard InChI is InChI=1S/C14H24N2O4S/c1-3-4-9-20-10-5-8-16-21(17,18)12-6-7-13(15)14(11-12)19-2/h6-7,11,16H,3-5,8-10,15H2,1-2H3. The van der Waals surface area contributed by atoms with Crippen LogP contribution in [0.1, 0.15) is 26.2 Å². The number of nitrogen functional groups attached to an aromatic ring is 1. The van der Waals surface area contributed by atoms with Gasteiger partial charge in [-0.05, 0) is 25.0 Å². The second-order valence-electron chi connectivity index (χ2n) is 4.62. The van der Waals surface area contributed by atoms with Crippen LogP contribution in [0.2, 0.25) is 0 Å². The Morgan fingerprint density at radius 1 is 1.24 bits per heavy atom. The summed E-state index contributed by atoms with van der Waals surface area (Å²) in [5.74, 6) is 0.348. The van der Waals surface area contributed by atoms with Gasteiger partial charge >= 0.3 is 0 Å². The van der Waals surface area contributed by atoms with Gasteiger partial charge < -0.3 is 15.2 Å². The monoisotopic (exact) mass is 316 g/mol. The lowest BCUT2D eigenvalue weighted by Gasteiger charge is -2.10. The van der Waals surface area contributed by atoms with Crippen molar-refractivity contribution in [2.24, 2.45) is 0 Å². The molecule has 6 nitrogen and oxygen atoms in total. The molecule has 1 rings (SSSR count). The predicted octanol–water partition coefficient (Wildman–Crippen LogP) is 1.76. The summed E-state index contributed by atoms with van der Waals surface area (Å²) in [4.78, 5) is 0.139. The molecule has 0 spiro atoms. The summed E-state index contributed by atoms with van der Waals surface area (Å²) < 4.78 is 37.1. The van der Waals surface area contributed by atoms with Crippen molar-refractivity contribution in [2.75, 3.05) is 32.6 Å². The second kappa shape index (κ2) is 8.86. The molecule has 0 saturated heterocycles. The van der Waals surface area contributed by atoms with Crippen molar-refractivity contribution < 1.29 is 17.9 Å². The maximum atomic E-state index is 12.1. The Bertz CT molecular complexity index is 532. The van der Waals surface area contributed by atoms with Crippen LogP contribution in [0.25, 0.3) is 0 Å². The van der Waals surface area contributed by atoms with Gasteiger partial charge in [0.2, 0.25) is 10.0 Å². The van der Waals surface area contributed by atoms with Crippen molar-refractivity contribution in [3.63, 3.8) is 0 Å². The van der Waals surface area contributed by atoms with Gasteiger partial charge in [-0.1, -0.05) is 13.3 Å². The maximum Gasteiger partial charge on any atom is 0.240 e. The first-order valence-corrected chi connectivity index (χ1v) is 8.50. The molecule has 3 N–H and O–H groups in total. The molecule has 0 atom stereocenters. The Hall–Kier alpha value is -1.31. The van der Waals surface area contributed by atoms with E-state index in [0.29, 0.717) is 31.0 Å². The molecule has 1 aromatic carbocycles. The normalized spacial score (nSPS) is 11.5. The van der Waals surface area contributed by atoms with E-state index in [1.165, 1.54) is 25.3 Å². The van der Waals surface area contributed by atoms with Gasteiger partial charge in [0.25, 0.3) is 0 Å². The quantitative estimate of drug-likeness (QED) is 0.507. The fraction of sp³-hybridized carbons (Fsp3) is 0.571. The first-order valence-electron chi connectivity index (χ1n) is 7.02. The largest absolute Gasteiger partial charge is 0.495 e. The number of hydrogen-bond donors (Lipinski definition) is 2. The SMILES string of the molecule is CCCCOCCCNS(=O)(=O)c1ccc(N)c(OC)c1. The van der Waals surface area contributed by atoms with E-state index in [-0.39, 0.29) is 4.90 Å². The molecule has 0 aliphatic rings. The highest BCUT2D eigenvalue weighted by Gasteiger charge is 2.15. The molecular weight excluding hydrogens is 292 g/mol. The van der Waals surface area contributed by atoms with Crippen LogP contribution in [0, 0.1) is 0 Å². The summed E-state index contributed by atoms with van der Waals surface area (Å²) in [5, 5.41) is 0. The summed E-state index contributed by atoms with van der Waals surface area (Å²) >= 11 is 0. The van der Waals surface area contributed by atoms with E-state index >= 15 is 0 Å². The van der Waals surface area contributed by atoms with Gasteiger partial charge in [0, 0.05) is 25.8 Å². The molecule has 0 heterocycles. The highest BCUT2D eigenvalue weighted by molar-refractivity contribution is 7.89. The number of sulfonamides is 1. The van der Waals surface area contributed by atoms with Crippen LogP contribution < -0.4 is 15.2 Å². The van der Waals surface area contributed by atoms with Gasteiger partial charge in [-0.3, -0.25) is 0 Å². The number of unbranched alkanes of at least 4 members (excludes halogenated alkanes) is 1. The number of ether oxygens (including phenoxy) is 2. The molecule has 0 radical (unpaired) electrons. The molecule has 120 valence electrons. The van der Waals surface area contributed by atoms with Gasteiger partial charge in [-0.15, -0.1) is 0 Å². The third kappa shape index (κ3) is 5.91. The van der Waals surface area contributed by atoms with Crippen molar-refractivity contribution in [2.45, 2.75) is 31.1 Å².